The van der Waals surface area contributed by atoms with Gasteiger partial charge >= 0.3 is 0 Å². The fourth-order valence-electron chi connectivity index (χ4n) is 2.65. The maximum atomic E-state index is 12.5. The summed E-state index contributed by atoms with van der Waals surface area (Å²) in [7, 11) is -7.63. The number of nitrogens with one attached hydrogen (secondary N) is 2. The molecule has 0 saturated heterocycles. The first kappa shape index (κ1) is 19.1. The number of fused-ring (bicyclic) bond motifs is 1. The van der Waals surface area contributed by atoms with E-state index in [1.807, 2.05) is 25.5 Å². The van der Waals surface area contributed by atoms with Crippen molar-refractivity contribution in [2.45, 2.75) is 48.9 Å². The van der Waals surface area contributed by atoms with Crippen LogP contribution in [0.25, 0.3) is 0 Å². The molecule has 1 aliphatic heterocycles. The quantitative estimate of drug-likeness (QED) is 0.768. The molecule has 0 fully saturated rings. The molecule has 0 spiro atoms. The van der Waals surface area contributed by atoms with Gasteiger partial charge in [0.05, 0.1) is 27.8 Å². The molecule has 0 bridgehead atoms. The molecule has 1 amide bonds. The van der Waals surface area contributed by atoms with Crippen LogP contribution in [0.1, 0.15) is 37.0 Å². The van der Waals surface area contributed by atoms with E-state index in [0.717, 1.165) is 11.2 Å². The van der Waals surface area contributed by atoms with Crippen LogP contribution >= 0.6 is 11.3 Å². The van der Waals surface area contributed by atoms with Crippen LogP contribution in [0.3, 0.4) is 0 Å². The molecule has 142 valence electrons. The zero-order valence-electron chi connectivity index (χ0n) is 14.5. The predicted octanol–water partition coefficient (Wildman–Crippen LogP) is 1.15. The summed E-state index contributed by atoms with van der Waals surface area (Å²) >= 11 is 1.42. The van der Waals surface area contributed by atoms with E-state index in [0.29, 0.717) is 5.69 Å². The normalized spacial score (nSPS) is 16.4. The summed E-state index contributed by atoms with van der Waals surface area (Å²) in [5.74, 6) is -0.850. The Morgan fingerprint density at radius 3 is 2.69 bits per heavy atom. The fraction of sp³-hybridized carbons (Fsp3) is 0.467. The molecule has 0 radical (unpaired) electrons. The molecule has 0 aliphatic carbocycles. The molecular formula is C15H19N3O5S3. The molecule has 0 aromatic carbocycles. The summed E-state index contributed by atoms with van der Waals surface area (Å²) in [6.07, 6.45) is 1.09. The SMILES string of the molecule is CC(C)(C)c1nc(CC(=O)NS(=O)(=O)c2[nH]cc3c2CCS3(=O)=O)cs1. The Hall–Kier alpha value is -1.72. The second-order valence-corrected chi connectivity index (χ2v) is 11.7. The molecule has 0 atom stereocenters. The van der Waals surface area contributed by atoms with E-state index in [1.54, 1.807) is 5.38 Å². The molecule has 11 heteroatoms. The van der Waals surface area contributed by atoms with Crippen molar-refractivity contribution in [3.8, 4) is 0 Å². The number of aromatic nitrogens is 2. The lowest BCUT2D eigenvalue weighted by Gasteiger charge is -2.13. The average molecular weight is 418 g/mol. The third kappa shape index (κ3) is 3.55. The Morgan fingerprint density at radius 1 is 1.38 bits per heavy atom. The number of amides is 1. The second kappa shape index (κ2) is 6.17. The molecule has 2 N–H and O–H groups in total. The van der Waals surface area contributed by atoms with Crippen LogP contribution in [0.2, 0.25) is 0 Å². The van der Waals surface area contributed by atoms with E-state index < -0.39 is 25.8 Å². The number of sulfonamides is 1. The highest BCUT2D eigenvalue weighted by molar-refractivity contribution is 7.92. The lowest BCUT2D eigenvalue weighted by Crippen LogP contribution is -2.32. The Bertz CT molecular complexity index is 1070. The summed E-state index contributed by atoms with van der Waals surface area (Å²) < 4.78 is 50.6. The molecule has 0 saturated carbocycles. The average Bonchev–Trinajstić information content (AvgIpc) is 3.15. The highest BCUT2D eigenvalue weighted by Gasteiger charge is 2.35. The fourth-order valence-corrected chi connectivity index (χ4v) is 6.36. The van der Waals surface area contributed by atoms with Gasteiger partial charge in [-0.25, -0.2) is 18.1 Å². The van der Waals surface area contributed by atoms with Gasteiger partial charge in [0.1, 0.15) is 0 Å². The summed E-state index contributed by atoms with van der Waals surface area (Å²) in [4.78, 5) is 19.0. The van der Waals surface area contributed by atoms with Gasteiger partial charge in [-0.3, -0.25) is 4.79 Å². The molecule has 1 aliphatic rings. The summed E-state index contributed by atoms with van der Waals surface area (Å²) in [5, 5.41) is 2.32. The topological polar surface area (TPSA) is 126 Å². The van der Waals surface area contributed by atoms with Crippen molar-refractivity contribution in [1.82, 2.24) is 14.7 Å². The number of carbonyl (C=O) groups is 1. The minimum absolute atomic E-state index is 0.0142. The predicted molar refractivity (Wildman–Crippen MR) is 96.4 cm³/mol. The number of hydrogen-bond donors (Lipinski definition) is 2. The first-order chi connectivity index (χ1) is 11.9. The van der Waals surface area contributed by atoms with E-state index in [4.69, 9.17) is 0 Å². The first-order valence-electron chi connectivity index (χ1n) is 7.84. The molecule has 8 nitrogen and oxygen atoms in total. The zero-order valence-corrected chi connectivity index (χ0v) is 16.9. The van der Waals surface area contributed by atoms with Crippen molar-refractivity contribution in [3.05, 3.63) is 27.8 Å². The summed E-state index contributed by atoms with van der Waals surface area (Å²) in [5.41, 5.74) is 0.544. The Kier molecular flexibility index (Phi) is 4.52. The summed E-state index contributed by atoms with van der Waals surface area (Å²) in [6, 6.07) is 0. The van der Waals surface area contributed by atoms with Crippen LogP contribution in [-0.2, 0) is 42.9 Å². The van der Waals surface area contributed by atoms with Gasteiger partial charge in [-0.1, -0.05) is 20.8 Å². The number of nitrogens with zero attached hydrogens (tertiary/aromatic N) is 1. The van der Waals surface area contributed by atoms with Gasteiger partial charge in [0.25, 0.3) is 10.0 Å². The van der Waals surface area contributed by atoms with Crippen LogP contribution in [-0.4, -0.2) is 38.5 Å². The van der Waals surface area contributed by atoms with Gasteiger partial charge in [0, 0.05) is 22.6 Å². The third-order valence-corrected chi connectivity index (χ3v) is 8.40. The van der Waals surface area contributed by atoms with Gasteiger partial charge in [0.2, 0.25) is 5.91 Å². The smallest absolute Gasteiger partial charge is 0.279 e. The van der Waals surface area contributed by atoms with E-state index in [-0.39, 0.29) is 39.5 Å². The minimum Gasteiger partial charge on any atom is -0.349 e. The number of H-pyrrole nitrogens is 1. The van der Waals surface area contributed by atoms with E-state index in [1.165, 1.54) is 11.3 Å². The number of hydrogen-bond acceptors (Lipinski definition) is 7. The van der Waals surface area contributed by atoms with Gasteiger partial charge in [-0.2, -0.15) is 8.42 Å². The van der Waals surface area contributed by atoms with Crippen LogP contribution < -0.4 is 4.72 Å². The van der Waals surface area contributed by atoms with Crippen LogP contribution in [0, 0.1) is 0 Å². The third-order valence-electron chi connectivity index (χ3n) is 3.91. The molecule has 3 heterocycles. The zero-order chi connectivity index (χ0) is 19.3. The Labute approximate surface area is 156 Å². The highest BCUT2D eigenvalue weighted by Crippen LogP contribution is 2.31. The van der Waals surface area contributed by atoms with Gasteiger partial charge < -0.3 is 4.98 Å². The van der Waals surface area contributed by atoms with E-state index >= 15 is 0 Å². The van der Waals surface area contributed by atoms with Crippen molar-refractivity contribution in [3.63, 3.8) is 0 Å². The number of rotatable bonds is 4. The Morgan fingerprint density at radius 2 is 2.08 bits per heavy atom. The number of carbonyl (C=O) groups excluding carboxylic acids is 1. The van der Waals surface area contributed by atoms with Gasteiger partial charge in [-0.15, -0.1) is 11.3 Å². The monoisotopic (exact) mass is 417 g/mol. The van der Waals surface area contributed by atoms with Crippen LogP contribution in [0.15, 0.2) is 21.5 Å². The minimum atomic E-state index is -4.18. The molecule has 3 rings (SSSR count). The van der Waals surface area contributed by atoms with E-state index in [9.17, 15) is 21.6 Å². The van der Waals surface area contributed by atoms with Crippen molar-refractivity contribution < 1.29 is 21.6 Å². The van der Waals surface area contributed by atoms with Crippen molar-refractivity contribution in [2.24, 2.45) is 0 Å². The van der Waals surface area contributed by atoms with E-state index in [2.05, 4.69) is 9.97 Å². The summed E-state index contributed by atoms with van der Waals surface area (Å²) in [6.45, 7) is 6.00. The lowest BCUT2D eigenvalue weighted by molar-refractivity contribution is -0.118. The molecule has 2 aromatic rings. The van der Waals surface area contributed by atoms with Gasteiger partial charge in [-0.05, 0) is 6.42 Å². The first-order valence-corrected chi connectivity index (χ1v) is 11.9. The van der Waals surface area contributed by atoms with Crippen LogP contribution in [0.4, 0.5) is 0 Å². The van der Waals surface area contributed by atoms with Crippen molar-refractivity contribution in [2.75, 3.05) is 5.75 Å². The van der Waals surface area contributed by atoms with Crippen LogP contribution in [0.5, 0.6) is 0 Å². The van der Waals surface area contributed by atoms with Crippen molar-refractivity contribution >= 4 is 37.1 Å². The maximum absolute atomic E-state index is 12.5. The second-order valence-electron chi connectivity index (χ2n) is 7.13. The molecular weight excluding hydrogens is 398 g/mol. The highest BCUT2D eigenvalue weighted by atomic mass is 32.2. The number of sulfone groups is 1. The van der Waals surface area contributed by atoms with Crippen molar-refractivity contribution in [1.29, 1.82) is 0 Å². The number of aromatic amines is 1. The number of thiazole rings is 1. The lowest BCUT2D eigenvalue weighted by atomic mass is 9.98. The van der Waals surface area contributed by atoms with Gasteiger partial charge in [0.15, 0.2) is 14.9 Å². The maximum Gasteiger partial charge on any atom is 0.279 e. The molecule has 26 heavy (non-hydrogen) atoms. The molecule has 0 unspecified atom stereocenters. The molecule has 2 aromatic heterocycles. The Balaban J connectivity index is 1.76. The largest absolute Gasteiger partial charge is 0.349 e. The standard InChI is InChI=1S/C15H19N3O5S3/c1-15(2,3)14-17-9(8-24-14)6-12(19)18-26(22,23)13-10-4-5-25(20,21)11(10)7-16-13/h7-8,16H,4-6H2,1-3H3,(H,18,19).